The van der Waals surface area contributed by atoms with Gasteiger partial charge in [-0.05, 0) is 6.92 Å². The zero-order valence-corrected chi connectivity index (χ0v) is 5.43. The van der Waals surface area contributed by atoms with Crippen LogP contribution < -0.4 is 0 Å². The summed E-state index contributed by atoms with van der Waals surface area (Å²) in [6, 6.07) is 0. The van der Waals surface area contributed by atoms with E-state index in [0.29, 0.717) is 6.42 Å². The molecule has 1 fully saturated rings. The molecule has 3 nitrogen and oxygen atoms in total. The lowest BCUT2D eigenvalue weighted by molar-refractivity contribution is -0.122. The van der Waals surface area contributed by atoms with E-state index in [2.05, 4.69) is 4.74 Å². The molecule has 0 radical (unpaired) electrons. The summed E-state index contributed by atoms with van der Waals surface area (Å²) in [7, 11) is 0. The number of epoxide rings is 1. The van der Waals surface area contributed by atoms with Gasteiger partial charge in [0.1, 0.15) is 0 Å². The van der Waals surface area contributed by atoms with Crippen LogP contribution in [0.3, 0.4) is 0 Å². The predicted molar refractivity (Wildman–Crippen MR) is 29.8 cm³/mol. The van der Waals surface area contributed by atoms with Crippen molar-refractivity contribution in [3.63, 3.8) is 0 Å². The number of ketones is 1. The van der Waals surface area contributed by atoms with E-state index in [4.69, 9.17) is 0 Å². The normalized spacial score (nSPS) is 31.6. The Balaban J connectivity index is 2.74. The minimum Gasteiger partial charge on any atom is -0.436 e. The fraction of sp³-hybridized carbons (Fsp3) is 0.667. The molecule has 0 amide bonds. The number of carbonyl (C=O) groups excluding carboxylic acids is 2. The Morgan fingerprint density at radius 2 is 2.22 bits per heavy atom. The molecule has 9 heavy (non-hydrogen) atoms. The first-order valence-electron chi connectivity index (χ1n) is 2.88. The number of hydrogen-bond donors (Lipinski definition) is 0. The van der Waals surface area contributed by atoms with Crippen LogP contribution in [0, 0.1) is 0 Å². The van der Waals surface area contributed by atoms with Gasteiger partial charge in [0.15, 0.2) is 5.78 Å². The van der Waals surface area contributed by atoms with Gasteiger partial charge in [0.2, 0.25) is 0 Å². The van der Waals surface area contributed by atoms with Gasteiger partial charge in [-0.25, -0.2) is 4.79 Å². The number of rotatable bonds is 2. The Labute approximate surface area is 53.0 Å². The van der Waals surface area contributed by atoms with E-state index in [-0.39, 0.29) is 11.8 Å². The largest absolute Gasteiger partial charge is 0.436 e. The molecule has 1 aliphatic heterocycles. The summed E-state index contributed by atoms with van der Waals surface area (Å²) in [5.74, 6) is -0.562. The highest BCUT2D eigenvalue weighted by Crippen LogP contribution is 2.33. The number of ether oxygens (including phenoxy) is 1. The number of Topliss-reactive ketones (excluding diaryl/α,β-unsaturated/α-hetero) is 1. The Hall–Kier alpha value is -0.860. The van der Waals surface area contributed by atoms with Crippen LogP contribution in [0.5, 0.6) is 0 Å². The molecule has 1 aliphatic rings. The first-order valence-corrected chi connectivity index (χ1v) is 2.88. The zero-order chi connectivity index (χ0) is 7.07. The average molecular weight is 128 g/mol. The molecule has 1 heterocycles. The number of carbonyl (C=O) groups is 2. The maximum Gasteiger partial charge on any atom is 0.360 e. The van der Waals surface area contributed by atoms with Crippen molar-refractivity contribution in [2.24, 2.45) is 0 Å². The molecule has 1 saturated heterocycles. The van der Waals surface area contributed by atoms with Crippen molar-refractivity contribution in [3.05, 3.63) is 0 Å². The standard InChI is InChI=1S/C6H8O3/c1-3-6(4(2)7)5(8)9-6/h3H2,1-2H3. The van der Waals surface area contributed by atoms with Crippen LogP contribution in [0.25, 0.3) is 0 Å². The third-order valence-corrected chi connectivity index (χ3v) is 1.62. The summed E-state index contributed by atoms with van der Waals surface area (Å²) in [5, 5.41) is 0. The van der Waals surface area contributed by atoms with Crippen LogP contribution in [-0.4, -0.2) is 17.4 Å². The van der Waals surface area contributed by atoms with Gasteiger partial charge in [0.05, 0.1) is 0 Å². The lowest BCUT2D eigenvalue weighted by Crippen LogP contribution is -2.21. The third kappa shape index (κ3) is 0.642. The van der Waals surface area contributed by atoms with Crippen molar-refractivity contribution in [2.45, 2.75) is 25.9 Å². The molecular weight excluding hydrogens is 120 g/mol. The summed E-state index contributed by atoms with van der Waals surface area (Å²) in [4.78, 5) is 21.1. The molecule has 0 aliphatic carbocycles. The monoisotopic (exact) mass is 128 g/mol. The molecule has 0 aromatic carbocycles. The first kappa shape index (κ1) is 6.26. The van der Waals surface area contributed by atoms with Crippen LogP contribution in [-0.2, 0) is 14.3 Å². The highest BCUT2D eigenvalue weighted by Gasteiger charge is 2.60. The Morgan fingerprint density at radius 1 is 1.78 bits per heavy atom. The maximum absolute atomic E-state index is 10.6. The second-order valence-corrected chi connectivity index (χ2v) is 2.13. The minimum atomic E-state index is -1.03. The van der Waals surface area contributed by atoms with Gasteiger partial charge in [0.25, 0.3) is 5.60 Å². The topological polar surface area (TPSA) is 46.7 Å². The Morgan fingerprint density at radius 3 is 2.22 bits per heavy atom. The molecule has 1 unspecified atom stereocenters. The fourth-order valence-corrected chi connectivity index (χ4v) is 0.814. The van der Waals surface area contributed by atoms with E-state index in [1.807, 2.05) is 0 Å². The van der Waals surface area contributed by atoms with E-state index in [9.17, 15) is 9.59 Å². The van der Waals surface area contributed by atoms with Crippen molar-refractivity contribution in [1.29, 1.82) is 0 Å². The van der Waals surface area contributed by atoms with Gasteiger partial charge < -0.3 is 4.74 Å². The lowest BCUT2D eigenvalue weighted by atomic mass is 10.0. The van der Waals surface area contributed by atoms with Crippen molar-refractivity contribution in [2.75, 3.05) is 0 Å². The molecule has 0 aromatic heterocycles. The quantitative estimate of drug-likeness (QED) is 0.396. The van der Waals surface area contributed by atoms with Crippen LogP contribution >= 0.6 is 0 Å². The second-order valence-electron chi connectivity index (χ2n) is 2.13. The SMILES string of the molecule is CCC1(C(C)=O)OC1=O. The van der Waals surface area contributed by atoms with Gasteiger partial charge in [-0.1, -0.05) is 6.92 Å². The first-order chi connectivity index (χ1) is 4.13. The van der Waals surface area contributed by atoms with Gasteiger partial charge in [0, 0.05) is 6.42 Å². The van der Waals surface area contributed by atoms with Crippen molar-refractivity contribution < 1.29 is 14.3 Å². The second kappa shape index (κ2) is 1.56. The fourth-order valence-electron chi connectivity index (χ4n) is 0.814. The van der Waals surface area contributed by atoms with Gasteiger partial charge in [-0.15, -0.1) is 0 Å². The van der Waals surface area contributed by atoms with Gasteiger partial charge in [-0.3, -0.25) is 4.79 Å². The van der Waals surface area contributed by atoms with Crippen LogP contribution in [0.2, 0.25) is 0 Å². The smallest absolute Gasteiger partial charge is 0.360 e. The van der Waals surface area contributed by atoms with E-state index in [0.717, 1.165) is 0 Å². The zero-order valence-electron chi connectivity index (χ0n) is 5.43. The summed E-state index contributed by atoms with van der Waals surface area (Å²) in [6.45, 7) is 3.13. The highest BCUT2D eigenvalue weighted by molar-refractivity contribution is 6.15. The minimum absolute atomic E-state index is 0.185. The molecule has 0 spiro atoms. The maximum atomic E-state index is 10.6. The molecule has 0 aromatic rings. The Bertz CT molecular complexity index is 173. The van der Waals surface area contributed by atoms with Crippen LogP contribution in [0.1, 0.15) is 20.3 Å². The lowest BCUT2D eigenvalue weighted by Gasteiger charge is -1.95. The van der Waals surface area contributed by atoms with Crippen molar-refractivity contribution in [1.82, 2.24) is 0 Å². The molecule has 3 heteroatoms. The Kier molecular flexibility index (Phi) is 1.08. The van der Waals surface area contributed by atoms with E-state index in [1.54, 1.807) is 6.92 Å². The average Bonchev–Trinajstić information content (AvgIpc) is 2.43. The number of cyclic esters (lactones) is 1. The summed E-state index contributed by atoms with van der Waals surface area (Å²) in [6.07, 6.45) is 0.459. The van der Waals surface area contributed by atoms with Crippen molar-refractivity contribution in [3.8, 4) is 0 Å². The van der Waals surface area contributed by atoms with E-state index < -0.39 is 5.60 Å². The predicted octanol–water partition coefficient (Wildman–Crippen LogP) is 0.281. The molecule has 1 atom stereocenters. The van der Waals surface area contributed by atoms with E-state index in [1.165, 1.54) is 6.92 Å². The van der Waals surface area contributed by atoms with Crippen molar-refractivity contribution >= 4 is 11.8 Å². The molecule has 0 bridgehead atoms. The van der Waals surface area contributed by atoms with Gasteiger partial charge >= 0.3 is 5.97 Å². The summed E-state index contributed by atoms with van der Waals surface area (Å²) >= 11 is 0. The van der Waals surface area contributed by atoms with Gasteiger partial charge in [-0.2, -0.15) is 0 Å². The molecular formula is C6H8O3. The molecule has 0 N–H and O–H groups in total. The summed E-state index contributed by atoms with van der Waals surface area (Å²) in [5.41, 5.74) is -1.03. The third-order valence-electron chi connectivity index (χ3n) is 1.62. The number of hydrogen-bond acceptors (Lipinski definition) is 3. The molecule has 50 valence electrons. The molecule has 0 saturated carbocycles. The highest BCUT2D eigenvalue weighted by atomic mass is 16.7. The molecule has 1 rings (SSSR count). The van der Waals surface area contributed by atoms with Crippen LogP contribution in [0.15, 0.2) is 0 Å². The van der Waals surface area contributed by atoms with E-state index >= 15 is 0 Å². The van der Waals surface area contributed by atoms with Crippen LogP contribution in [0.4, 0.5) is 0 Å². The summed E-state index contributed by atoms with van der Waals surface area (Å²) < 4.78 is 4.53.